The summed E-state index contributed by atoms with van der Waals surface area (Å²) in [5.41, 5.74) is 5.52. The summed E-state index contributed by atoms with van der Waals surface area (Å²) in [4.78, 5) is 16.8. The van der Waals surface area contributed by atoms with Crippen LogP contribution in [0, 0.1) is 11.3 Å². The van der Waals surface area contributed by atoms with E-state index in [0.29, 0.717) is 30.5 Å². The number of tetrazole rings is 1. The number of nitrogens with zero attached hydrogens (tertiary/aromatic N) is 9. The van der Waals surface area contributed by atoms with Crippen molar-refractivity contribution in [3.8, 4) is 34.4 Å². The van der Waals surface area contributed by atoms with Crippen molar-refractivity contribution in [1.82, 2.24) is 35.2 Å². The van der Waals surface area contributed by atoms with Gasteiger partial charge in [-0.2, -0.15) is 5.26 Å². The largest absolute Gasteiger partial charge is 0.378 e. The van der Waals surface area contributed by atoms with Crippen molar-refractivity contribution in [2.75, 3.05) is 36.5 Å². The lowest BCUT2D eigenvalue weighted by molar-refractivity contribution is 0.122. The lowest BCUT2D eigenvalue weighted by Crippen LogP contribution is -2.36. The molecule has 38 heavy (non-hydrogen) atoms. The van der Waals surface area contributed by atoms with Gasteiger partial charge in [0, 0.05) is 48.0 Å². The van der Waals surface area contributed by atoms with Crippen molar-refractivity contribution in [3.63, 3.8) is 0 Å². The summed E-state index contributed by atoms with van der Waals surface area (Å²) in [5.74, 6) is 0.957. The molecule has 0 spiro atoms. The van der Waals surface area contributed by atoms with E-state index in [1.807, 2.05) is 54.6 Å². The zero-order chi connectivity index (χ0) is 25.7. The third-order valence-electron chi connectivity index (χ3n) is 6.06. The van der Waals surface area contributed by atoms with Crippen molar-refractivity contribution in [3.05, 3.63) is 84.8 Å². The number of hydrogen-bond acceptors (Lipinski definition) is 10. The second-order valence-corrected chi connectivity index (χ2v) is 8.56. The standard InChI is InChI=1S/C27H22N10O/c28-17-19-14-21(16-24(15-19)36-10-12-38-13-11-36)25-7-9-30-27(32-25)31-22-5-3-20(4-6-22)26-33-35-37(34-26)23-2-1-8-29-18-23/h1-9,14-16,18H,10-13H2,(H,30,31,32). The summed E-state index contributed by atoms with van der Waals surface area (Å²) >= 11 is 0. The van der Waals surface area contributed by atoms with E-state index in [1.54, 1.807) is 18.6 Å². The molecule has 0 aliphatic carbocycles. The molecule has 1 saturated heterocycles. The first-order valence-electron chi connectivity index (χ1n) is 12.0. The van der Waals surface area contributed by atoms with Crippen LogP contribution in [0.3, 0.4) is 0 Å². The van der Waals surface area contributed by atoms with Crippen molar-refractivity contribution in [2.24, 2.45) is 0 Å². The van der Waals surface area contributed by atoms with Crippen LogP contribution in [0.5, 0.6) is 0 Å². The molecule has 1 fully saturated rings. The molecule has 0 bridgehead atoms. The number of pyridine rings is 1. The van der Waals surface area contributed by atoms with Gasteiger partial charge in [0.15, 0.2) is 0 Å². The number of anilines is 3. The van der Waals surface area contributed by atoms with Crippen LogP contribution < -0.4 is 10.2 Å². The minimum Gasteiger partial charge on any atom is -0.378 e. The molecule has 0 unspecified atom stereocenters. The first-order chi connectivity index (χ1) is 18.7. The third kappa shape index (κ3) is 5.02. The van der Waals surface area contributed by atoms with E-state index in [0.717, 1.165) is 47.0 Å². The molecule has 0 amide bonds. The van der Waals surface area contributed by atoms with Gasteiger partial charge >= 0.3 is 0 Å². The van der Waals surface area contributed by atoms with Crippen molar-refractivity contribution >= 4 is 17.3 Å². The summed E-state index contributed by atoms with van der Waals surface area (Å²) in [6, 6.07) is 21.2. The summed E-state index contributed by atoms with van der Waals surface area (Å²) in [6.07, 6.45) is 5.07. The fourth-order valence-corrected chi connectivity index (χ4v) is 4.15. The first-order valence-corrected chi connectivity index (χ1v) is 12.0. The Kier molecular flexibility index (Phi) is 6.36. The Morgan fingerprint density at radius 2 is 1.79 bits per heavy atom. The maximum absolute atomic E-state index is 9.59. The molecule has 11 heteroatoms. The molecule has 1 aliphatic heterocycles. The molecule has 4 heterocycles. The zero-order valence-electron chi connectivity index (χ0n) is 20.3. The van der Waals surface area contributed by atoms with Gasteiger partial charge in [-0.05, 0) is 65.9 Å². The number of ether oxygens (including phenoxy) is 1. The van der Waals surface area contributed by atoms with Crippen LogP contribution in [0.15, 0.2) is 79.3 Å². The maximum Gasteiger partial charge on any atom is 0.227 e. The summed E-state index contributed by atoms with van der Waals surface area (Å²) in [5, 5.41) is 25.5. The molecule has 0 atom stereocenters. The lowest BCUT2D eigenvalue weighted by Gasteiger charge is -2.29. The van der Waals surface area contributed by atoms with Crippen LogP contribution in [-0.2, 0) is 4.74 Å². The Hall–Kier alpha value is -5.21. The van der Waals surface area contributed by atoms with Gasteiger partial charge < -0.3 is 15.0 Å². The van der Waals surface area contributed by atoms with Crippen molar-refractivity contribution < 1.29 is 4.74 Å². The van der Waals surface area contributed by atoms with Gasteiger partial charge in [0.2, 0.25) is 11.8 Å². The number of aromatic nitrogens is 7. The Balaban J connectivity index is 1.20. The molecular formula is C27H22N10O. The van der Waals surface area contributed by atoms with Crippen molar-refractivity contribution in [1.29, 1.82) is 5.26 Å². The topological polar surface area (TPSA) is 131 Å². The molecule has 0 saturated carbocycles. The van der Waals surface area contributed by atoms with Gasteiger partial charge in [0.05, 0.1) is 36.7 Å². The quantitative estimate of drug-likeness (QED) is 0.367. The Labute approximate surface area is 218 Å². The second kappa shape index (κ2) is 10.4. The number of morpholine rings is 1. The van der Waals surface area contributed by atoms with Crippen LogP contribution in [0.2, 0.25) is 0 Å². The lowest BCUT2D eigenvalue weighted by atomic mass is 10.1. The maximum atomic E-state index is 9.59. The first kappa shape index (κ1) is 23.2. The van der Waals surface area contributed by atoms with Crippen LogP contribution in [0.1, 0.15) is 5.56 Å². The fraction of sp³-hybridized carbons (Fsp3) is 0.148. The number of rotatable bonds is 6. The summed E-state index contributed by atoms with van der Waals surface area (Å²) in [6.45, 7) is 2.92. The second-order valence-electron chi connectivity index (χ2n) is 8.56. The van der Waals surface area contributed by atoms with E-state index in [2.05, 4.69) is 47.7 Å². The van der Waals surface area contributed by atoms with Gasteiger partial charge in [0.1, 0.15) is 5.69 Å². The SMILES string of the molecule is N#Cc1cc(-c2ccnc(Nc3ccc(-c4nnn(-c5cccnc5)n4)cc3)n2)cc(N2CCOCC2)c1. The van der Waals surface area contributed by atoms with Gasteiger partial charge in [-0.25, -0.2) is 9.97 Å². The molecular weight excluding hydrogens is 480 g/mol. The summed E-state index contributed by atoms with van der Waals surface area (Å²) in [7, 11) is 0. The number of hydrogen-bond donors (Lipinski definition) is 1. The van der Waals surface area contributed by atoms with Crippen LogP contribution in [0.25, 0.3) is 28.3 Å². The van der Waals surface area contributed by atoms with E-state index in [4.69, 9.17) is 9.72 Å². The molecule has 11 nitrogen and oxygen atoms in total. The molecule has 5 aromatic rings. The number of benzene rings is 2. The predicted octanol–water partition coefficient (Wildman–Crippen LogP) is 3.63. The Bertz CT molecular complexity index is 1590. The molecule has 186 valence electrons. The van der Waals surface area contributed by atoms with Gasteiger partial charge in [-0.1, -0.05) is 0 Å². The van der Waals surface area contributed by atoms with Gasteiger partial charge in [0.25, 0.3) is 0 Å². The monoisotopic (exact) mass is 502 g/mol. The highest BCUT2D eigenvalue weighted by Crippen LogP contribution is 2.27. The Morgan fingerprint density at radius 1 is 0.921 bits per heavy atom. The van der Waals surface area contributed by atoms with E-state index in [1.165, 1.54) is 4.80 Å². The highest BCUT2D eigenvalue weighted by Gasteiger charge is 2.14. The average Bonchev–Trinajstić information content (AvgIpc) is 3.49. The highest BCUT2D eigenvalue weighted by molar-refractivity contribution is 5.70. The van der Waals surface area contributed by atoms with Crippen LogP contribution >= 0.6 is 0 Å². The molecule has 2 aromatic carbocycles. The molecule has 6 rings (SSSR count). The average molecular weight is 503 g/mol. The Morgan fingerprint density at radius 3 is 2.58 bits per heavy atom. The number of nitriles is 1. The van der Waals surface area contributed by atoms with E-state index in [-0.39, 0.29) is 0 Å². The molecule has 3 aromatic heterocycles. The minimum absolute atomic E-state index is 0.450. The molecule has 0 radical (unpaired) electrons. The third-order valence-corrected chi connectivity index (χ3v) is 6.06. The smallest absolute Gasteiger partial charge is 0.227 e. The molecule has 1 N–H and O–H groups in total. The summed E-state index contributed by atoms with van der Waals surface area (Å²) < 4.78 is 5.47. The van der Waals surface area contributed by atoms with Gasteiger partial charge in [-0.15, -0.1) is 15.0 Å². The van der Waals surface area contributed by atoms with E-state index in [9.17, 15) is 5.26 Å². The van der Waals surface area contributed by atoms with E-state index >= 15 is 0 Å². The van der Waals surface area contributed by atoms with Gasteiger partial charge in [-0.3, -0.25) is 4.98 Å². The van der Waals surface area contributed by atoms with Crippen LogP contribution in [-0.4, -0.2) is 61.5 Å². The predicted molar refractivity (Wildman–Crippen MR) is 141 cm³/mol. The molecule has 1 aliphatic rings. The highest BCUT2D eigenvalue weighted by atomic mass is 16.5. The normalized spacial score (nSPS) is 13.2. The van der Waals surface area contributed by atoms with E-state index < -0.39 is 0 Å². The number of nitrogens with one attached hydrogen (secondary N) is 1. The fourth-order valence-electron chi connectivity index (χ4n) is 4.15. The zero-order valence-corrected chi connectivity index (χ0v) is 20.3. The van der Waals surface area contributed by atoms with Crippen LogP contribution in [0.4, 0.5) is 17.3 Å². The van der Waals surface area contributed by atoms with Crippen molar-refractivity contribution in [2.45, 2.75) is 0 Å². The minimum atomic E-state index is 0.450.